The molecule has 3 rings (SSSR count). The number of esters is 1. The van der Waals surface area contributed by atoms with E-state index < -0.39 is 23.5 Å². The monoisotopic (exact) mass is 467 g/mol. The zero-order valence-corrected chi connectivity index (χ0v) is 19.0. The number of hydrogen-bond donors (Lipinski definition) is 1. The lowest BCUT2D eigenvalue weighted by Gasteiger charge is -2.15. The molecule has 0 saturated carbocycles. The largest absolute Gasteiger partial charge is 0.459 e. The number of hydrogen-bond acceptors (Lipinski definition) is 6. The van der Waals surface area contributed by atoms with Crippen LogP contribution in [0.25, 0.3) is 10.2 Å². The van der Waals surface area contributed by atoms with E-state index in [0.29, 0.717) is 36.4 Å². The van der Waals surface area contributed by atoms with Crippen molar-refractivity contribution in [3.63, 3.8) is 0 Å². The van der Waals surface area contributed by atoms with Crippen molar-refractivity contribution in [2.75, 3.05) is 5.32 Å². The van der Waals surface area contributed by atoms with Crippen molar-refractivity contribution in [1.82, 2.24) is 9.55 Å². The zero-order valence-electron chi connectivity index (χ0n) is 16.7. The normalized spacial score (nSPS) is 12.2. The average molecular weight is 468 g/mol. The highest BCUT2D eigenvalue weighted by Gasteiger charge is 2.24. The second-order valence-electron chi connectivity index (χ2n) is 6.94. The van der Waals surface area contributed by atoms with E-state index in [1.54, 1.807) is 39.8 Å². The van der Waals surface area contributed by atoms with Crippen molar-refractivity contribution in [2.45, 2.75) is 39.8 Å². The molecule has 1 amide bonds. The molecule has 0 fully saturated rings. The lowest BCUT2D eigenvalue weighted by atomic mass is 10.2. The number of fused-ring (bicyclic) bond motifs is 1. The summed E-state index contributed by atoms with van der Waals surface area (Å²) in [5, 5.41) is 3.70. The van der Waals surface area contributed by atoms with Gasteiger partial charge >= 0.3 is 5.97 Å². The number of halogens is 2. The molecule has 0 aliphatic carbocycles. The summed E-state index contributed by atoms with van der Waals surface area (Å²) in [5.41, 5.74) is 0.406. The minimum absolute atomic E-state index is 0.284. The topological polar surface area (TPSA) is 90.3 Å². The molecule has 7 nitrogen and oxygen atoms in total. The SMILES string of the molecule is Cc1c(C(=O)OC(C)C)sc2ncn(C(C)C(=O)Nc3cc(Cl)ccc3Cl)c(=O)c12. The number of benzene rings is 1. The standard InChI is InChI=1S/C20H19Cl2N3O4S/c1-9(2)29-20(28)16-10(3)15-18(30-16)23-8-25(19(15)27)11(4)17(26)24-14-7-12(21)5-6-13(14)22/h5-9,11H,1-4H3,(H,24,26). The molecule has 0 spiro atoms. The molecule has 0 aliphatic rings. The molecule has 0 saturated heterocycles. The predicted molar refractivity (Wildman–Crippen MR) is 119 cm³/mol. The number of nitrogens with zero attached hydrogens (tertiary/aromatic N) is 2. The summed E-state index contributed by atoms with van der Waals surface area (Å²) in [6.45, 7) is 6.73. The van der Waals surface area contributed by atoms with Gasteiger partial charge < -0.3 is 10.1 Å². The van der Waals surface area contributed by atoms with Crippen LogP contribution in [-0.4, -0.2) is 27.5 Å². The van der Waals surface area contributed by atoms with E-state index >= 15 is 0 Å². The second-order valence-corrected chi connectivity index (χ2v) is 8.78. The minimum Gasteiger partial charge on any atom is -0.459 e. The number of rotatable bonds is 5. The summed E-state index contributed by atoms with van der Waals surface area (Å²) in [6, 6.07) is 3.81. The van der Waals surface area contributed by atoms with Gasteiger partial charge in [-0.2, -0.15) is 0 Å². The lowest BCUT2D eigenvalue weighted by Crippen LogP contribution is -2.31. The first-order valence-corrected chi connectivity index (χ1v) is 10.6. The molecule has 1 aromatic carbocycles. The Morgan fingerprint density at radius 2 is 1.93 bits per heavy atom. The van der Waals surface area contributed by atoms with Gasteiger partial charge in [-0.3, -0.25) is 14.2 Å². The highest BCUT2D eigenvalue weighted by Crippen LogP contribution is 2.29. The first-order valence-electron chi connectivity index (χ1n) is 9.07. The van der Waals surface area contributed by atoms with Crippen LogP contribution in [0, 0.1) is 6.92 Å². The fourth-order valence-electron chi connectivity index (χ4n) is 2.83. The number of aromatic nitrogens is 2. The predicted octanol–water partition coefficient (Wildman–Crippen LogP) is 4.84. The van der Waals surface area contributed by atoms with Gasteiger partial charge in [-0.25, -0.2) is 9.78 Å². The Hall–Kier alpha value is -2.42. The molecule has 10 heteroatoms. The van der Waals surface area contributed by atoms with Crippen LogP contribution in [-0.2, 0) is 9.53 Å². The van der Waals surface area contributed by atoms with Gasteiger partial charge in [-0.1, -0.05) is 23.2 Å². The van der Waals surface area contributed by atoms with E-state index in [9.17, 15) is 14.4 Å². The number of carbonyl (C=O) groups excluding carboxylic acids is 2. The molecule has 1 N–H and O–H groups in total. The van der Waals surface area contributed by atoms with Gasteiger partial charge in [0.05, 0.1) is 28.5 Å². The molecular weight excluding hydrogens is 449 g/mol. The maximum Gasteiger partial charge on any atom is 0.348 e. The van der Waals surface area contributed by atoms with Crippen LogP contribution in [0.5, 0.6) is 0 Å². The summed E-state index contributed by atoms with van der Waals surface area (Å²) in [5.74, 6) is -0.965. The Balaban J connectivity index is 1.96. The smallest absolute Gasteiger partial charge is 0.348 e. The third-order valence-corrected chi connectivity index (χ3v) is 6.13. The van der Waals surface area contributed by atoms with E-state index in [-0.39, 0.29) is 6.10 Å². The van der Waals surface area contributed by atoms with E-state index in [1.165, 1.54) is 17.0 Å². The fraction of sp³-hybridized carbons (Fsp3) is 0.300. The number of nitrogens with one attached hydrogen (secondary N) is 1. The van der Waals surface area contributed by atoms with Crippen LogP contribution < -0.4 is 10.9 Å². The molecule has 158 valence electrons. The van der Waals surface area contributed by atoms with Gasteiger partial charge in [-0.15, -0.1) is 11.3 Å². The molecule has 3 aromatic rings. The van der Waals surface area contributed by atoms with Crippen LogP contribution in [0.2, 0.25) is 10.0 Å². The van der Waals surface area contributed by atoms with Gasteiger partial charge in [0, 0.05) is 5.02 Å². The Kier molecular flexibility index (Phi) is 6.50. The first kappa shape index (κ1) is 22.3. The number of ether oxygens (including phenoxy) is 1. The number of anilines is 1. The second kappa shape index (κ2) is 8.75. The number of carbonyl (C=O) groups is 2. The first-order chi connectivity index (χ1) is 14.1. The summed E-state index contributed by atoms with van der Waals surface area (Å²) in [4.78, 5) is 43.1. The van der Waals surface area contributed by atoms with Crippen LogP contribution >= 0.6 is 34.5 Å². The summed E-state index contributed by atoms with van der Waals surface area (Å²) >= 11 is 13.1. The van der Waals surface area contributed by atoms with Crippen LogP contribution in [0.3, 0.4) is 0 Å². The van der Waals surface area contributed by atoms with E-state index in [0.717, 1.165) is 11.3 Å². The van der Waals surface area contributed by atoms with Crippen molar-refractivity contribution in [3.05, 3.63) is 55.4 Å². The third kappa shape index (κ3) is 4.35. The van der Waals surface area contributed by atoms with Crippen molar-refractivity contribution in [1.29, 1.82) is 0 Å². The number of amides is 1. The molecule has 0 radical (unpaired) electrons. The lowest BCUT2D eigenvalue weighted by molar-refractivity contribution is -0.118. The quantitative estimate of drug-likeness (QED) is 0.542. The maximum absolute atomic E-state index is 13.1. The molecular formula is C20H19Cl2N3O4S. The van der Waals surface area contributed by atoms with Gasteiger partial charge in [-0.05, 0) is 51.5 Å². The Bertz CT molecular complexity index is 1200. The van der Waals surface area contributed by atoms with Crippen LogP contribution in [0.4, 0.5) is 5.69 Å². The van der Waals surface area contributed by atoms with Gasteiger partial charge in [0.15, 0.2) is 0 Å². The summed E-state index contributed by atoms with van der Waals surface area (Å²) in [6.07, 6.45) is 1.01. The molecule has 30 heavy (non-hydrogen) atoms. The van der Waals surface area contributed by atoms with Crippen molar-refractivity contribution >= 4 is 62.3 Å². The molecule has 1 atom stereocenters. The van der Waals surface area contributed by atoms with Crippen molar-refractivity contribution < 1.29 is 14.3 Å². The van der Waals surface area contributed by atoms with Crippen molar-refractivity contribution in [3.8, 4) is 0 Å². The molecule has 2 heterocycles. The Morgan fingerprint density at radius 3 is 2.60 bits per heavy atom. The van der Waals surface area contributed by atoms with E-state index in [1.807, 2.05) is 0 Å². The Morgan fingerprint density at radius 1 is 1.23 bits per heavy atom. The van der Waals surface area contributed by atoms with Crippen LogP contribution in [0.1, 0.15) is 42.0 Å². The van der Waals surface area contributed by atoms with Crippen molar-refractivity contribution in [2.24, 2.45) is 0 Å². The Labute approximate surface area is 186 Å². The van der Waals surface area contributed by atoms with Gasteiger partial charge in [0.1, 0.15) is 15.7 Å². The summed E-state index contributed by atoms with van der Waals surface area (Å²) < 4.78 is 6.45. The highest BCUT2D eigenvalue weighted by atomic mass is 35.5. The van der Waals surface area contributed by atoms with E-state index in [4.69, 9.17) is 27.9 Å². The number of thiophene rings is 1. The molecule has 1 unspecified atom stereocenters. The van der Waals surface area contributed by atoms with Gasteiger partial charge in [0.2, 0.25) is 5.91 Å². The number of aryl methyl sites for hydroxylation is 1. The minimum atomic E-state index is -0.880. The van der Waals surface area contributed by atoms with Crippen LogP contribution in [0.15, 0.2) is 29.3 Å². The average Bonchev–Trinajstić information content (AvgIpc) is 3.01. The maximum atomic E-state index is 13.1. The molecule has 2 aromatic heterocycles. The van der Waals surface area contributed by atoms with Gasteiger partial charge in [0.25, 0.3) is 5.56 Å². The molecule has 0 aliphatic heterocycles. The highest BCUT2D eigenvalue weighted by molar-refractivity contribution is 7.20. The fourth-order valence-corrected chi connectivity index (χ4v) is 4.19. The summed E-state index contributed by atoms with van der Waals surface area (Å²) in [7, 11) is 0. The third-order valence-electron chi connectivity index (χ3n) is 4.39. The molecule has 0 bridgehead atoms. The zero-order chi connectivity index (χ0) is 22.2. The van der Waals surface area contributed by atoms with E-state index in [2.05, 4.69) is 10.3 Å².